The minimum atomic E-state index is -4.05. The molecule has 0 aliphatic rings. The third-order valence-electron chi connectivity index (χ3n) is 2.67. The number of nitrogen functional groups attached to an aromatic ring is 1. The number of carbonyl (C=O) groups is 1. The lowest BCUT2D eigenvalue weighted by atomic mass is 10.2. The number of sulfonamides is 1. The minimum Gasteiger partial charge on any atom is -0.478 e. The van der Waals surface area contributed by atoms with Crippen LogP contribution in [0.3, 0.4) is 0 Å². The number of para-hydroxylation sites is 2. The van der Waals surface area contributed by atoms with Gasteiger partial charge >= 0.3 is 5.97 Å². The van der Waals surface area contributed by atoms with Crippen LogP contribution in [0.25, 0.3) is 0 Å². The van der Waals surface area contributed by atoms with Gasteiger partial charge in [-0.15, -0.1) is 0 Å². The molecule has 0 aromatic heterocycles. The molecule has 0 heterocycles. The molecule has 0 bridgehead atoms. The lowest BCUT2D eigenvalue weighted by Gasteiger charge is -2.11. The van der Waals surface area contributed by atoms with Crippen molar-refractivity contribution in [3.05, 3.63) is 53.1 Å². The van der Waals surface area contributed by atoms with E-state index in [0.717, 1.165) is 6.07 Å². The topological polar surface area (TPSA) is 109 Å². The first-order valence-electron chi connectivity index (χ1n) is 5.71. The summed E-state index contributed by atoms with van der Waals surface area (Å²) in [4.78, 5) is 10.6. The molecule has 0 fully saturated rings. The molecule has 6 nitrogen and oxygen atoms in total. The standard InChI is InChI=1S/C13H11ClN2O4S/c14-9-6-5-8(13(17)18)7-12(9)21(19,20)16-11-4-2-1-3-10(11)15/h1-7,16H,15H2,(H,17,18). The Kier molecular flexibility index (Phi) is 4.06. The van der Waals surface area contributed by atoms with Gasteiger partial charge in [0, 0.05) is 0 Å². The van der Waals surface area contributed by atoms with Gasteiger partial charge in [0.15, 0.2) is 0 Å². The highest BCUT2D eigenvalue weighted by atomic mass is 35.5. The predicted octanol–water partition coefficient (Wildman–Crippen LogP) is 2.42. The number of benzene rings is 2. The summed E-state index contributed by atoms with van der Waals surface area (Å²) < 4.78 is 26.9. The van der Waals surface area contributed by atoms with Crippen LogP contribution in [-0.4, -0.2) is 19.5 Å². The van der Waals surface area contributed by atoms with E-state index >= 15 is 0 Å². The van der Waals surface area contributed by atoms with Crippen LogP contribution in [0.15, 0.2) is 47.4 Å². The molecule has 21 heavy (non-hydrogen) atoms. The highest BCUT2D eigenvalue weighted by molar-refractivity contribution is 7.92. The lowest BCUT2D eigenvalue weighted by molar-refractivity contribution is 0.0696. The van der Waals surface area contributed by atoms with Gasteiger partial charge in [-0.3, -0.25) is 4.72 Å². The molecule has 0 aliphatic carbocycles. The van der Waals surface area contributed by atoms with Gasteiger partial charge in [-0.1, -0.05) is 23.7 Å². The molecule has 2 rings (SSSR count). The molecule has 0 atom stereocenters. The molecule has 0 saturated carbocycles. The maximum absolute atomic E-state index is 12.3. The van der Waals surface area contributed by atoms with Crippen LogP contribution in [0.5, 0.6) is 0 Å². The van der Waals surface area contributed by atoms with Gasteiger partial charge < -0.3 is 10.8 Å². The summed E-state index contributed by atoms with van der Waals surface area (Å²) in [6.45, 7) is 0. The van der Waals surface area contributed by atoms with Crippen LogP contribution in [0.1, 0.15) is 10.4 Å². The largest absolute Gasteiger partial charge is 0.478 e. The molecule has 8 heteroatoms. The smallest absolute Gasteiger partial charge is 0.335 e. The van der Waals surface area contributed by atoms with Gasteiger partial charge in [-0.25, -0.2) is 13.2 Å². The number of nitrogens with two attached hydrogens (primary N) is 1. The number of anilines is 2. The number of carboxylic acids is 1. The van der Waals surface area contributed by atoms with E-state index in [2.05, 4.69) is 4.72 Å². The van der Waals surface area contributed by atoms with Crippen molar-refractivity contribution in [1.82, 2.24) is 0 Å². The van der Waals surface area contributed by atoms with Crippen molar-refractivity contribution in [1.29, 1.82) is 0 Å². The number of halogens is 1. The molecule has 110 valence electrons. The van der Waals surface area contributed by atoms with E-state index < -0.39 is 16.0 Å². The number of carboxylic acid groups (broad SMARTS) is 1. The van der Waals surface area contributed by atoms with Crippen LogP contribution in [-0.2, 0) is 10.0 Å². The van der Waals surface area contributed by atoms with Crippen molar-refractivity contribution in [2.45, 2.75) is 4.90 Å². The van der Waals surface area contributed by atoms with Gasteiger partial charge in [-0.05, 0) is 30.3 Å². The second-order valence-corrected chi connectivity index (χ2v) is 6.20. The van der Waals surface area contributed by atoms with E-state index in [-0.39, 0.29) is 26.9 Å². The molecule has 0 amide bonds. The number of nitrogens with one attached hydrogen (secondary N) is 1. The molecule has 0 saturated heterocycles. The maximum Gasteiger partial charge on any atom is 0.335 e. The Bertz CT molecular complexity index is 806. The Morgan fingerprint density at radius 1 is 1.19 bits per heavy atom. The third-order valence-corrected chi connectivity index (χ3v) is 4.52. The molecular formula is C13H11ClN2O4S. The lowest BCUT2D eigenvalue weighted by Crippen LogP contribution is -2.15. The highest BCUT2D eigenvalue weighted by Gasteiger charge is 2.20. The summed E-state index contributed by atoms with van der Waals surface area (Å²) in [6, 6.07) is 9.73. The van der Waals surface area contributed by atoms with E-state index in [4.69, 9.17) is 22.4 Å². The SMILES string of the molecule is Nc1ccccc1NS(=O)(=O)c1cc(C(=O)O)ccc1Cl. The fourth-order valence-corrected chi connectivity index (χ4v) is 3.25. The summed E-state index contributed by atoms with van der Waals surface area (Å²) in [7, 11) is -4.05. The third kappa shape index (κ3) is 3.26. The summed E-state index contributed by atoms with van der Waals surface area (Å²) in [6.07, 6.45) is 0. The summed E-state index contributed by atoms with van der Waals surface area (Å²) in [5.41, 5.74) is 5.92. The Morgan fingerprint density at radius 2 is 1.86 bits per heavy atom. The summed E-state index contributed by atoms with van der Waals surface area (Å²) >= 11 is 5.85. The molecule has 0 radical (unpaired) electrons. The molecule has 0 unspecified atom stereocenters. The number of hydrogen-bond donors (Lipinski definition) is 3. The monoisotopic (exact) mass is 326 g/mol. The molecule has 0 aliphatic heterocycles. The maximum atomic E-state index is 12.3. The van der Waals surface area contributed by atoms with Crippen molar-refractivity contribution >= 4 is 39.0 Å². The highest BCUT2D eigenvalue weighted by Crippen LogP contribution is 2.27. The molecule has 2 aromatic carbocycles. The number of aromatic carboxylic acids is 1. The number of hydrogen-bond acceptors (Lipinski definition) is 4. The zero-order valence-electron chi connectivity index (χ0n) is 10.6. The van der Waals surface area contributed by atoms with Crippen LogP contribution in [0.4, 0.5) is 11.4 Å². The van der Waals surface area contributed by atoms with E-state index in [1.54, 1.807) is 12.1 Å². The average Bonchev–Trinajstić information content (AvgIpc) is 2.41. The molecular weight excluding hydrogens is 316 g/mol. The zero-order chi connectivity index (χ0) is 15.6. The number of rotatable bonds is 4. The zero-order valence-corrected chi connectivity index (χ0v) is 12.1. The van der Waals surface area contributed by atoms with Crippen molar-refractivity contribution in [3.63, 3.8) is 0 Å². The first kappa shape index (κ1) is 15.1. The van der Waals surface area contributed by atoms with Crippen LogP contribution >= 0.6 is 11.6 Å². The van der Waals surface area contributed by atoms with Crippen molar-refractivity contribution < 1.29 is 18.3 Å². The van der Waals surface area contributed by atoms with Crippen molar-refractivity contribution in [2.75, 3.05) is 10.5 Å². The van der Waals surface area contributed by atoms with Crippen LogP contribution in [0.2, 0.25) is 5.02 Å². The van der Waals surface area contributed by atoms with E-state index in [9.17, 15) is 13.2 Å². The summed E-state index contributed by atoms with van der Waals surface area (Å²) in [5.74, 6) is -1.25. The van der Waals surface area contributed by atoms with Gasteiger partial charge in [0.2, 0.25) is 0 Å². The van der Waals surface area contributed by atoms with E-state index in [0.29, 0.717) is 0 Å². The molecule has 2 aromatic rings. The Balaban J connectivity index is 2.47. The van der Waals surface area contributed by atoms with E-state index in [1.165, 1.54) is 24.3 Å². The normalized spacial score (nSPS) is 11.1. The van der Waals surface area contributed by atoms with Gasteiger partial charge in [0.1, 0.15) is 4.90 Å². The fraction of sp³-hybridized carbons (Fsp3) is 0. The van der Waals surface area contributed by atoms with E-state index in [1.807, 2.05) is 0 Å². The Hall–Kier alpha value is -2.25. The Morgan fingerprint density at radius 3 is 2.48 bits per heavy atom. The molecule has 0 spiro atoms. The summed E-state index contributed by atoms with van der Waals surface area (Å²) in [5, 5.41) is 8.84. The molecule has 4 N–H and O–H groups in total. The second-order valence-electron chi connectivity index (χ2n) is 4.14. The second kappa shape index (κ2) is 5.63. The van der Waals surface area contributed by atoms with Crippen molar-refractivity contribution in [3.8, 4) is 0 Å². The van der Waals surface area contributed by atoms with Crippen LogP contribution in [0, 0.1) is 0 Å². The Labute approximate surface area is 126 Å². The quantitative estimate of drug-likeness (QED) is 0.747. The van der Waals surface area contributed by atoms with Gasteiger partial charge in [-0.2, -0.15) is 0 Å². The van der Waals surface area contributed by atoms with Gasteiger partial charge in [0.25, 0.3) is 10.0 Å². The van der Waals surface area contributed by atoms with Gasteiger partial charge in [0.05, 0.1) is 22.0 Å². The predicted molar refractivity (Wildman–Crippen MR) is 80.1 cm³/mol. The fourth-order valence-electron chi connectivity index (χ4n) is 1.63. The van der Waals surface area contributed by atoms with Crippen molar-refractivity contribution in [2.24, 2.45) is 0 Å². The minimum absolute atomic E-state index is 0.0815. The van der Waals surface area contributed by atoms with Crippen LogP contribution < -0.4 is 10.5 Å². The first-order chi connectivity index (χ1) is 9.81. The average molecular weight is 327 g/mol. The first-order valence-corrected chi connectivity index (χ1v) is 7.57.